The van der Waals surface area contributed by atoms with Gasteiger partial charge in [-0.25, -0.2) is 4.98 Å². The first-order chi connectivity index (χ1) is 12.6. The topological polar surface area (TPSA) is 53.9 Å². The molecule has 3 aromatic rings. The van der Waals surface area contributed by atoms with Crippen molar-refractivity contribution in [1.82, 2.24) is 15.0 Å². The van der Waals surface area contributed by atoms with Gasteiger partial charge in [-0.15, -0.1) is 0 Å². The Labute approximate surface area is 155 Å². The average molecular weight is 347 g/mol. The predicted molar refractivity (Wildman–Crippen MR) is 106 cm³/mol. The van der Waals surface area contributed by atoms with Crippen LogP contribution in [0.15, 0.2) is 54.9 Å². The van der Waals surface area contributed by atoms with Crippen LogP contribution in [0.1, 0.15) is 22.4 Å². The summed E-state index contributed by atoms with van der Waals surface area (Å²) in [4.78, 5) is 15.4. The Bertz CT molecular complexity index is 831. The minimum atomic E-state index is 0.663. The van der Waals surface area contributed by atoms with E-state index in [1.54, 1.807) is 0 Å². The lowest BCUT2D eigenvalue weighted by molar-refractivity contribution is 0.850. The molecule has 0 radical (unpaired) electrons. The minimum absolute atomic E-state index is 0.663. The Kier molecular flexibility index (Phi) is 5.79. The summed E-state index contributed by atoms with van der Waals surface area (Å²) in [7, 11) is 2.06. The molecular formula is C21H25N5. The van der Waals surface area contributed by atoms with Gasteiger partial charge < -0.3 is 10.2 Å². The van der Waals surface area contributed by atoms with Gasteiger partial charge in [0.25, 0.3) is 0 Å². The molecule has 2 aromatic heterocycles. The molecule has 0 aliphatic carbocycles. The number of nitrogens with zero attached hydrogens (tertiary/aromatic N) is 4. The van der Waals surface area contributed by atoms with Crippen molar-refractivity contribution >= 4 is 11.8 Å². The van der Waals surface area contributed by atoms with Gasteiger partial charge in [-0.2, -0.15) is 4.98 Å². The molecule has 26 heavy (non-hydrogen) atoms. The number of likely N-dealkylation sites (N-methyl/N-ethyl adjacent to an activating group) is 1. The number of benzene rings is 1. The van der Waals surface area contributed by atoms with Gasteiger partial charge in [0.15, 0.2) is 0 Å². The molecule has 1 aromatic carbocycles. The van der Waals surface area contributed by atoms with Crippen molar-refractivity contribution in [2.24, 2.45) is 0 Å². The Morgan fingerprint density at radius 2 is 1.65 bits per heavy atom. The van der Waals surface area contributed by atoms with E-state index in [2.05, 4.69) is 63.4 Å². The number of aromatic nitrogens is 3. The van der Waals surface area contributed by atoms with Crippen molar-refractivity contribution in [2.45, 2.75) is 26.8 Å². The molecule has 5 nitrogen and oxygen atoms in total. The third-order valence-electron chi connectivity index (χ3n) is 4.29. The second kappa shape index (κ2) is 8.43. The smallest absolute Gasteiger partial charge is 0.225 e. The number of rotatable bonds is 7. The van der Waals surface area contributed by atoms with E-state index in [4.69, 9.17) is 0 Å². The summed E-state index contributed by atoms with van der Waals surface area (Å²) >= 11 is 0. The van der Waals surface area contributed by atoms with Crippen LogP contribution in [0, 0.1) is 13.8 Å². The van der Waals surface area contributed by atoms with Crippen molar-refractivity contribution in [1.29, 1.82) is 0 Å². The highest BCUT2D eigenvalue weighted by atomic mass is 15.2. The summed E-state index contributed by atoms with van der Waals surface area (Å²) in [6.45, 7) is 5.69. The van der Waals surface area contributed by atoms with Crippen molar-refractivity contribution < 1.29 is 0 Å². The van der Waals surface area contributed by atoms with Crippen LogP contribution < -0.4 is 10.2 Å². The molecule has 0 saturated carbocycles. The number of hydrogen-bond acceptors (Lipinski definition) is 5. The normalized spacial score (nSPS) is 10.6. The molecule has 0 atom stereocenters. The SMILES string of the molecule is Cc1ccc(CNc2nc(C)cc(N(C)CCc3ccncc3)n2)cc1. The average Bonchev–Trinajstić information content (AvgIpc) is 2.66. The van der Waals surface area contributed by atoms with E-state index in [9.17, 15) is 0 Å². The lowest BCUT2D eigenvalue weighted by Crippen LogP contribution is -2.22. The van der Waals surface area contributed by atoms with Crippen LogP contribution in [0.4, 0.5) is 11.8 Å². The first-order valence-electron chi connectivity index (χ1n) is 8.85. The van der Waals surface area contributed by atoms with E-state index >= 15 is 0 Å². The van der Waals surface area contributed by atoms with Crippen LogP contribution in [0.3, 0.4) is 0 Å². The van der Waals surface area contributed by atoms with E-state index in [1.165, 1.54) is 16.7 Å². The largest absolute Gasteiger partial charge is 0.359 e. The molecule has 3 rings (SSSR count). The lowest BCUT2D eigenvalue weighted by Gasteiger charge is -2.19. The maximum atomic E-state index is 4.67. The maximum absolute atomic E-state index is 4.67. The van der Waals surface area contributed by atoms with Gasteiger partial charge in [0.2, 0.25) is 5.95 Å². The summed E-state index contributed by atoms with van der Waals surface area (Å²) in [5, 5.41) is 3.33. The summed E-state index contributed by atoms with van der Waals surface area (Å²) < 4.78 is 0. The van der Waals surface area contributed by atoms with Crippen LogP contribution in [-0.2, 0) is 13.0 Å². The highest BCUT2D eigenvalue weighted by Crippen LogP contribution is 2.15. The maximum Gasteiger partial charge on any atom is 0.225 e. The van der Waals surface area contributed by atoms with Crippen LogP contribution >= 0.6 is 0 Å². The van der Waals surface area contributed by atoms with Crippen LogP contribution in [0.5, 0.6) is 0 Å². The fourth-order valence-electron chi connectivity index (χ4n) is 2.67. The molecule has 0 bridgehead atoms. The molecule has 0 spiro atoms. The van der Waals surface area contributed by atoms with E-state index in [-0.39, 0.29) is 0 Å². The van der Waals surface area contributed by atoms with Crippen LogP contribution in [0.2, 0.25) is 0 Å². The van der Waals surface area contributed by atoms with E-state index in [0.29, 0.717) is 12.5 Å². The fraction of sp³-hybridized carbons (Fsp3) is 0.286. The summed E-state index contributed by atoms with van der Waals surface area (Å²) in [5.74, 6) is 1.59. The first-order valence-corrected chi connectivity index (χ1v) is 8.85. The number of hydrogen-bond donors (Lipinski definition) is 1. The predicted octanol–water partition coefficient (Wildman–Crippen LogP) is 3.78. The molecule has 134 valence electrons. The molecular weight excluding hydrogens is 322 g/mol. The highest BCUT2D eigenvalue weighted by Gasteiger charge is 2.07. The molecule has 0 amide bonds. The molecule has 5 heteroatoms. The van der Waals surface area contributed by atoms with Gasteiger partial charge >= 0.3 is 0 Å². The standard InChI is InChI=1S/C21H25N5/c1-16-4-6-19(7-5-16)15-23-21-24-17(2)14-20(25-21)26(3)13-10-18-8-11-22-12-9-18/h4-9,11-12,14H,10,13,15H2,1-3H3,(H,23,24,25). The number of aryl methyl sites for hydroxylation is 2. The van der Waals surface area contributed by atoms with E-state index < -0.39 is 0 Å². The van der Waals surface area contributed by atoms with Gasteiger partial charge in [0.05, 0.1) is 0 Å². The van der Waals surface area contributed by atoms with Crippen LogP contribution in [-0.4, -0.2) is 28.5 Å². The van der Waals surface area contributed by atoms with Crippen molar-refractivity contribution in [3.63, 3.8) is 0 Å². The number of pyridine rings is 1. The summed E-state index contributed by atoms with van der Waals surface area (Å²) in [6.07, 6.45) is 4.61. The van der Waals surface area contributed by atoms with Gasteiger partial charge in [-0.1, -0.05) is 29.8 Å². The van der Waals surface area contributed by atoms with E-state index in [1.807, 2.05) is 37.5 Å². The molecule has 0 aliphatic heterocycles. The Hall–Kier alpha value is -2.95. The zero-order chi connectivity index (χ0) is 18.4. The van der Waals surface area contributed by atoms with Crippen molar-refractivity contribution in [3.8, 4) is 0 Å². The molecule has 0 saturated heterocycles. The molecule has 0 aliphatic rings. The molecule has 2 heterocycles. The first kappa shape index (κ1) is 17.9. The van der Waals surface area contributed by atoms with E-state index in [0.717, 1.165) is 24.5 Å². The quantitative estimate of drug-likeness (QED) is 0.705. The lowest BCUT2D eigenvalue weighted by atomic mass is 10.1. The van der Waals surface area contributed by atoms with Crippen molar-refractivity contribution in [3.05, 3.63) is 77.2 Å². The Morgan fingerprint density at radius 3 is 2.38 bits per heavy atom. The second-order valence-corrected chi connectivity index (χ2v) is 6.56. The molecule has 0 fully saturated rings. The zero-order valence-corrected chi connectivity index (χ0v) is 15.6. The monoisotopic (exact) mass is 347 g/mol. The Morgan fingerprint density at radius 1 is 0.923 bits per heavy atom. The third kappa shape index (κ3) is 5.02. The summed E-state index contributed by atoms with van der Waals surface area (Å²) in [5.41, 5.74) is 4.71. The van der Waals surface area contributed by atoms with Crippen LogP contribution in [0.25, 0.3) is 0 Å². The third-order valence-corrected chi connectivity index (χ3v) is 4.29. The fourth-order valence-corrected chi connectivity index (χ4v) is 2.67. The highest BCUT2D eigenvalue weighted by molar-refractivity contribution is 5.44. The number of anilines is 2. The van der Waals surface area contributed by atoms with Gasteiger partial charge in [0, 0.05) is 44.3 Å². The molecule has 0 unspecified atom stereocenters. The molecule has 1 N–H and O–H groups in total. The van der Waals surface area contributed by atoms with Crippen molar-refractivity contribution in [2.75, 3.05) is 23.8 Å². The van der Waals surface area contributed by atoms with Gasteiger partial charge in [-0.05, 0) is 43.5 Å². The second-order valence-electron chi connectivity index (χ2n) is 6.56. The number of nitrogens with one attached hydrogen (secondary N) is 1. The van der Waals surface area contributed by atoms with Gasteiger partial charge in [-0.3, -0.25) is 4.98 Å². The van der Waals surface area contributed by atoms with Gasteiger partial charge in [0.1, 0.15) is 5.82 Å². The zero-order valence-electron chi connectivity index (χ0n) is 15.6. The summed E-state index contributed by atoms with van der Waals surface area (Å²) in [6, 6.07) is 14.6. The minimum Gasteiger partial charge on any atom is -0.359 e. The Balaban J connectivity index is 1.63.